The second kappa shape index (κ2) is 15.2. The van der Waals surface area contributed by atoms with Gasteiger partial charge in [0.25, 0.3) is 0 Å². The lowest BCUT2D eigenvalue weighted by Crippen LogP contribution is -2.04. The van der Waals surface area contributed by atoms with Crippen LogP contribution >= 0.6 is 7.60 Å². The molecule has 2 rings (SSSR count). The molecule has 0 aliphatic rings. The third kappa shape index (κ3) is 11.0. The molecule has 0 unspecified atom stereocenters. The molecular formula is C29H43O4P. The highest BCUT2D eigenvalue weighted by molar-refractivity contribution is 7.53. The number of benzene rings is 2. The van der Waals surface area contributed by atoms with Gasteiger partial charge in [0.05, 0.1) is 26.0 Å². The van der Waals surface area contributed by atoms with Gasteiger partial charge >= 0.3 is 7.60 Å². The zero-order valence-corrected chi connectivity index (χ0v) is 22.6. The average Bonchev–Trinajstić information content (AvgIpc) is 2.79. The van der Waals surface area contributed by atoms with Crippen molar-refractivity contribution in [1.82, 2.24) is 0 Å². The number of ether oxygens (including phenoxy) is 1. The van der Waals surface area contributed by atoms with Gasteiger partial charge in [0, 0.05) is 0 Å². The molecule has 2 aromatic carbocycles. The Morgan fingerprint density at radius 1 is 0.794 bits per heavy atom. The molecule has 0 aliphatic carbocycles. The van der Waals surface area contributed by atoms with Gasteiger partial charge in [-0.3, -0.25) is 4.57 Å². The van der Waals surface area contributed by atoms with Crippen molar-refractivity contribution < 1.29 is 18.3 Å². The van der Waals surface area contributed by atoms with Gasteiger partial charge in [-0.05, 0) is 60.9 Å². The summed E-state index contributed by atoms with van der Waals surface area (Å²) in [6.07, 6.45) is 9.45. The minimum atomic E-state index is -3.08. The van der Waals surface area contributed by atoms with Crippen LogP contribution < -0.4 is 4.74 Å². The van der Waals surface area contributed by atoms with E-state index in [1.54, 1.807) is 0 Å². The third-order valence-corrected chi connectivity index (χ3v) is 7.77. The molecule has 0 spiro atoms. The van der Waals surface area contributed by atoms with Gasteiger partial charge in [0.2, 0.25) is 0 Å². The normalized spacial score (nSPS) is 13.0. The molecule has 188 valence electrons. The van der Waals surface area contributed by atoms with E-state index in [1.807, 2.05) is 50.2 Å². The molecule has 0 radical (unpaired) electrons. The fourth-order valence-electron chi connectivity index (χ4n) is 3.74. The van der Waals surface area contributed by atoms with Crippen LogP contribution in [0, 0.1) is 11.8 Å². The van der Waals surface area contributed by atoms with Gasteiger partial charge in [-0.2, -0.15) is 0 Å². The van der Waals surface area contributed by atoms with Gasteiger partial charge in [-0.25, -0.2) is 0 Å². The Labute approximate surface area is 207 Å². The van der Waals surface area contributed by atoms with Crippen LogP contribution in [0.1, 0.15) is 77.0 Å². The van der Waals surface area contributed by atoms with E-state index >= 15 is 0 Å². The summed E-state index contributed by atoms with van der Waals surface area (Å²) < 4.78 is 29.4. The van der Waals surface area contributed by atoms with Gasteiger partial charge in [-0.1, -0.05) is 88.6 Å². The summed E-state index contributed by atoms with van der Waals surface area (Å²) in [5.74, 6) is 2.42. The Morgan fingerprint density at radius 2 is 1.35 bits per heavy atom. The first-order chi connectivity index (χ1) is 16.3. The van der Waals surface area contributed by atoms with E-state index in [-0.39, 0.29) is 6.16 Å². The van der Waals surface area contributed by atoms with Crippen molar-refractivity contribution in [3.63, 3.8) is 0 Å². The lowest BCUT2D eigenvalue weighted by Gasteiger charge is -2.16. The molecule has 4 nitrogen and oxygen atoms in total. The topological polar surface area (TPSA) is 44.8 Å². The Hall–Kier alpha value is -1.87. The van der Waals surface area contributed by atoms with E-state index in [4.69, 9.17) is 13.8 Å². The first-order valence-electron chi connectivity index (χ1n) is 12.7. The van der Waals surface area contributed by atoms with Gasteiger partial charge in [0.15, 0.2) is 0 Å². The van der Waals surface area contributed by atoms with Crippen molar-refractivity contribution in [2.24, 2.45) is 11.8 Å². The molecule has 0 amide bonds. The van der Waals surface area contributed by atoms with Crippen molar-refractivity contribution in [3.8, 4) is 5.75 Å². The average molecular weight is 487 g/mol. The minimum Gasteiger partial charge on any atom is -0.494 e. The van der Waals surface area contributed by atoms with Crippen molar-refractivity contribution in [2.45, 2.75) is 66.5 Å². The van der Waals surface area contributed by atoms with Gasteiger partial charge in [0.1, 0.15) is 5.75 Å². The van der Waals surface area contributed by atoms with Crippen LogP contribution in [0.3, 0.4) is 0 Å². The van der Waals surface area contributed by atoms with Gasteiger partial charge < -0.3 is 13.8 Å². The standard InChI is InChI=1S/C29H43O4P/c1-6-32-34(30,33-7-2)23-28-15-13-26(14-16-28)11-12-27-17-19-29(20-18-27)31-22-21-25(5)10-8-9-24(3)4/h11-20,24-25H,6-10,21-23H2,1-5H3/b12-11+/t25-/m0/s1. The van der Waals surface area contributed by atoms with Crippen LogP contribution in [0.25, 0.3) is 12.2 Å². The van der Waals surface area contributed by atoms with E-state index in [1.165, 1.54) is 19.3 Å². The molecule has 0 N–H and O–H groups in total. The lowest BCUT2D eigenvalue weighted by atomic mass is 9.98. The summed E-state index contributed by atoms with van der Waals surface area (Å²) in [5.41, 5.74) is 3.15. The predicted molar refractivity (Wildman–Crippen MR) is 144 cm³/mol. The second-order valence-electron chi connectivity index (χ2n) is 9.32. The van der Waals surface area contributed by atoms with Gasteiger partial charge in [-0.15, -0.1) is 0 Å². The highest BCUT2D eigenvalue weighted by Crippen LogP contribution is 2.51. The van der Waals surface area contributed by atoms with Crippen LogP contribution in [0.2, 0.25) is 0 Å². The van der Waals surface area contributed by atoms with Crippen molar-refractivity contribution in [2.75, 3.05) is 19.8 Å². The molecule has 0 aliphatic heterocycles. The fourth-order valence-corrected chi connectivity index (χ4v) is 5.45. The highest BCUT2D eigenvalue weighted by atomic mass is 31.2. The first kappa shape index (κ1) is 28.4. The molecular weight excluding hydrogens is 443 g/mol. The van der Waals surface area contributed by atoms with Crippen LogP contribution in [0.15, 0.2) is 48.5 Å². The SMILES string of the molecule is CCOP(=O)(Cc1ccc(/C=C/c2ccc(OCC[C@@H](C)CCCC(C)C)cc2)cc1)OCC. The molecule has 0 bridgehead atoms. The van der Waals surface area contributed by atoms with Crippen molar-refractivity contribution >= 4 is 19.7 Å². The maximum absolute atomic E-state index is 12.7. The van der Waals surface area contributed by atoms with Crippen molar-refractivity contribution in [1.29, 1.82) is 0 Å². The van der Waals surface area contributed by atoms with E-state index < -0.39 is 7.60 Å². The molecule has 0 saturated heterocycles. The summed E-state index contributed by atoms with van der Waals surface area (Å²) >= 11 is 0. The molecule has 2 aromatic rings. The molecule has 0 heterocycles. The molecule has 5 heteroatoms. The maximum Gasteiger partial charge on any atom is 0.335 e. The highest BCUT2D eigenvalue weighted by Gasteiger charge is 2.23. The molecule has 1 atom stereocenters. The maximum atomic E-state index is 12.7. The Balaban J connectivity index is 1.81. The van der Waals surface area contributed by atoms with E-state index in [0.717, 1.165) is 41.4 Å². The zero-order chi connectivity index (χ0) is 24.8. The second-order valence-corrected chi connectivity index (χ2v) is 11.4. The summed E-state index contributed by atoms with van der Waals surface area (Å²) in [6, 6.07) is 16.2. The minimum absolute atomic E-state index is 0.289. The summed E-state index contributed by atoms with van der Waals surface area (Å²) in [4.78, 5) is 0. The largest absolute Gasteiger partial charge is 0.494 e. The first-order valence-corrected chi connectivity index (χ1v) is 14.4. The predicted octanol–water partition coefficient (Wildman–Crippen LogP) is 8.85. The number of hydrogen-bond donors (Lipinski definition) is 0. The molecule has 0 fully saturated rings. The van der Waals surface area contributed by atoms with Crippen LogP contribution in [0.5, 0.6) is 5.75 Å². The molecule has 0 aromatic heterocycles. The summed E-state index contributed by atoms with van der Waals surface area (Å²) in [5, 5.41) is 0. The van der Waals surface area contributed by atoms with Crippen LogP contribution in [-0.2, 0) is 19.8 Å². The Kier molecular flexibility index (Phi) is 12.7. The van der Waals surface area contributed by atoms with Crippen molar-refractivity contribution in [3.05, 3.63) is 65.2 Å². The van der Waals surface area contributed by atoms with E-state index in [2.05, 4.69) is 45.1 Å². The third-order valence-electron chi connectivity index (χ3n) is 5.71. The molecule has 34 heavy (non-hydrogen) atoms. The monoisotopic (exact) mass is 486 g/mol. The number of hydrogen-bond acceptors (Lipinski definition) is 4. The zero-order valence-electron chi connectivity index (χ0n) is 21.7. The lowest BCUT2D eigenvalue weighted by molar-refractivity contribution is 0.219. The molecule has 0 saturated carbocycles. The number of rotatable bonds is 16. The quantitative estimate of drug-likeness (QED) is 0.176. The van der Waals surface area contributed by atoms with E-state index in [9.17, 15) is 4.57 Å². The Morgan fingerprint density at radius 3 is 1.88 bits per heavy atom. The van der Waals surface area contributed by atoms with Crippen LogP contribution in [0.4, 0.5) is 0 Å². The fraction of sp³-hybridized carbons (Fsp3) is 0.517. The summed E-state index contributed by atoms with van der Waals surface area (Å²) in [7, 11) is -3.08. The smallest absolute Gasteiger partial charge is 0.335 e. The Bertz CT molecular complexity index is 877. The summed E-state index contributed by atoms with van der Waals surface area (Å²) in [6.45, 7) is 12.1. The van der Waals surface area contributed by atoms with Crippen LogP contribution in [-0.4, -0.2) is 19.8 Å². The van der Waals surface area contributed by atoms with E-state index in [0.29, 0.717) is 19.1 Å².